The summed E-state index contributed by atoms with van der Waals surface area (Å²) in [4.78, 5) is 23.9. The smallest absolute Gasteiger partial charge is 0.344 e. The summed E-state index contributed by atoms with van der Waals surface area (Å²) in [6, 6.07) is 26.2. The SMILES string of the molecule is COc1ccc(-c2cc3ccc(O)cc3oc2=O)cc1.O=c1oc2cc(O)ccc2cc1-c1ccc(O)cc1. The van der Waals surface area contributed by atoms with Crippen molar-refractivity contribution in [3.05, 3.63) is 118 Å². The van der Waals surface area contributed by atoms with Crippen molar-refractivity contribution in [2.45, 2.75) is 0 Å². The third kappa shape index (κ3) is 5.45. The van der Waals surface area contributed by atoms with Crippen LogP contribution in [0.3, 0.4) is 0 Å². The lowest BCUT2D eigenvalue weighted by molar-refractivity contribution is 0.415. The highest BCUT2D eigenvalue weighted by Crippen LogP contribution is 2.26. The first-order chi connectivity index (χ1) is 18.8. The summed E-state index contributed by atoms with van der Waals surface area (Å²) in [5.41, 5.74) is 2.11. The van der Waals surface area contributed by atoms with E-state index in [2.05, 4.69) is 0 Å². The lowest BCUT2D eigenvalue weighted by Crippen LogP contribution is -2.02. The van der Waals surface area contributed by atoms with E-state index >= 15 is 0 Å². The molecule has 0 aliphatic carbocycles. The predicted octanol–water partition coefficient (Wildman–Crippen LogP) is 6.05. The predicted molar refractivity (Wildman–Crippen MR) is 147 cm³/mol. The van der Waals surface area contributed by atoms with Crippen molar-refractivity contribution >= 4 is 21.9 Å². The molecule has 0 fully saturated rings. The van der Waals surface area contributed by atoms with E-state index in [4.69, 9.17) is 13.6 Å². The molecular formula is C31H22O8. The standard InChI is InChI=1S/C16H12O4.C15H10O4/c1-19-13-6-3-10(4-7-13)14-8-11-2-5-12(17)9-15(11)20-16(14)18;16-11-4-1-9(2-5-11)13-7-10-3-6-12(17)8-14(10)19-15(13)18/h2-9,17H,1H3;1-8,16-17H. The molecule has 6 rings (SSSR count). The summed E-state index contributed by atoms with van der Waals surface area (Å²) in [6.07, 6.45) is 0. The van der Waals surface area contributed by atoms with Crippen LogP contribution in [-0.2, 0) is 0 Å². The Labute approximate surface area is 221 Å². The number of ether oxygens (including phenoxy) is 1. The van der Waals surface area contributed by atoms with Gasteiger partial charge < -0.3 is 28.9 Å². The first kappa shape index (κ1) is 25.2. The molecule has 0 amide bonds. The Kier molecular flexibility index (Phi) is 6.75. The summed E-state index contributed by atoms with van der Waals surface area (Å²) in [5, 5.41) is 29.5. The second-order valence-electron chi connectivity index (χ2n) is 8.61. The maximum Gasteiger partial charge on any atom is 0.344 e. The van der Waals surface area contributed by atoms with Crippen molar-refractivity contribution in [3.63, 3.8) is 0 Å². The molecule has 4 aromatic carbocycles. The van der Waals surface area contributed by atoms with Gasteiger partial charge in [0.1, 0.15) is 34.2 Å². The first-order valence-electron chi connectivity index (χ1n) is 11.8. The van der Waals surface area contributed by atoms with Gasteiger partial charge in [-0.1, -0.05) is 24.3 Å². The summed E-state index contributed by atoms with van der Waals surface area (Å²) in [6.45, 7) is 0. The minimum absolute atomic E-state index is 0.0491. The molecule has 39 heavy (non-hydrogen) atoms. The largest absolute Gasteiger partial charge is 0.508 e. The van der Waals surface area contributed by atoms with Crippen molar-refractivity contribution in [1.82, 2.24) is 0 Å². The van der Waals surface area contributed by atoms with Gasteiger partial charge in [-0.15, -0.1) is 0 Å². The van der Waals surface area contributed by atoms with E-state index < -0.39 is 11.3 Å². The molecule has 2 heterocycles. The number of fused-ring (bicyclic) bond motifs is 2. The number of methoxy groups -OCH3 is 1. The van der Waals surface area contributed by atoms with Gasteiger partial charge in [0, 0.05) is 22.9 Å². The van der Waals surface area contributed by atoms with E-state index in [1.54, 1.807) is 73.8 Å². The third-order valence-electron chi connectivity index (χ3n) is 6.02. The maximum atomic E-state index is 12.0. The monoisotopic (exact) mass is 522 g/mol. The van der Waals surface area contributed by atoms with E-state index in [1.165, 1.54) is 30.3 Å². The Balaban J connectivity index is 0.000000158. The number of aromatic hydroxyl groups is 3. The Morgan fingerprint density at radius 3 is 1.38 bits per heavy atom. The van der Waals surface area contributed by atoms with Gasteiger partial charge in [-0.05, 0) is 71.8 Å². The minimum atomic E-state index is -0.483. The average molecular weight is 523 g/mol. The molecule has 6 aromatic rings. The topological polar surface area (TPSA) is 130 Å². The number of rotatable bonds is 3. The maximum absolute atomic E-state index is 12.0. The fraction of sp³-hybridized carbons (Fsp3) is 0.0323. The molecular weight excluding hydrogens is 500 g/mol. The van der Waals surface area contributed by atoms with Crippen molar-refractivity contribution in [2.75, 3.05) is 7.11 Å². The molecule has 0 spiro atoms. The minimum Gasteiger partial charge on any atom is -0.508 e. The van der Waals surface area contributed by atoms with E-state index in [9.17, 15) is 24.9 Å². The fourth-order valence-corrected chi connectivity index (χ4v) is 4.01. The number of benzene rings is 4. The van der Waals surface area contributed by atoms with Gasteiger partial charge >= 0.3 is 11.3 Å². The number of hydrogen-bond acceptors (Lipinski definition) is 8. The van der Waals surface area contributed by atoms with Gasteiger partial charge in [0.15, 0.2) is 0 Å². The van der Waals surface area contributed by atoms with Gasteiger partial charge in [0.05, 0.1) is 18.2 Å². The van der Waals surface area contributed by atoms with Crippen LogP contribution in [0.25, 0.3) is 44.2 Å². The van der Waals surface area contributed by atoms with E-state index in [0.29, 0.717) is 27.9 Å². The van der Waals surface area contributed by atoms with Gasteiger partial charge in [-0.25, -0.2) is 9.59 Å². The van der Waals surface area contributed by atoms with Crippen LogP contribution in [0.2, 0.25) is 0 Å². The quantitative estimate of drug-likeness (QED) is 0.240. The number of phenols is 3. The number of hydrogen-bond donors (Lipinski definition) is 3. The molecule has 0 bridgehead atoms. The van der Waals surface area contributed by atoms with Crippen LogP contribution in [-0.4, -0.2) is 22.4 Å². The highest BCUT2D eigenvalue weighted by atomic mass is 16.5. The molecule has 0 aliphatic rings. The highest BCUT2D eigenvalue weighted by Gasteiger charge is 2.09. The zero-order valence-electron chi connectivity index (χ0n) is 20.6. The molecule has 2 aromatic heterocycles. The van der Waals surface area contributed by atoms with Crippen molar-refractivity contribution in [2.24, 2.45) is 0 Å². The van der Waals surface area contributed by atoms with E-state index in [-0.39, 0.29) is 17.2 Å². The van der Waals surface area contributed by atoms with Crippen LogP contribution in [0, 0.1) is 0 Å². The van der Waals surface area contributed by atoms with E-state index in [0.717, 1.165) is 22.1 Å². The van der Waals surface area contributed by atoms with Gasteiger partial charge in [0.2, 0.25) is 0 Å². The summed E-state index contributed by atoms with van der Waals surface area (Å²) < 4.78 is 15.5. The summed E-state index contributed by atoms with van der Waals surface area (Å²) in [5.74, 6) is 0.980. The fourth-order valence-electron chi connectivity index (χ4n) is 4.01. The molecule has 0 radical (unpaired) electrons. The van der Waals surface area contributed by atoms with Crippen LogP contribution in [0.5, 0.6) is 23.0 Å². The number of phenolic OH excluding ortho intramolecular Hbond substituents is 3. The lowest BCUT2D eigenvalue weighted by atomic mass is 10.1. The Bertz CT molecular complexity index is 1900. The average Bonchev–Trinajstić information content (AvgIpc) is 2.93. The molecule has 8 heteroatoms. The lowest BCUT2D eigenvalue weighted by Gasteiger charge is -2.04. The molecule has 194 valence electrons. The molecule has 0 atom stereocenters. The van der Waals surface area contributed by atoms with Crippen molar-refractivity contribution in [1.29, 1.82) is 0 Å². The molecule has 3 N–H and O–H groups in total. The second kappa shape index (κ2) is 10.5. The molecule has 8 nitrogen and oxygen atoms in total. The zero-order valence-corrected chi connectivity index (χ0v) is 20.6. The van der Waals surface area contributed by atoms with Crippen LogP contribution in [0.4, 0.5) is 0 Å². The van der Waals surface area contributed by atoms with Gasteiger partial charge in [-0.2, -0.15) is 0 Å². The van der Waals surface area contributed by atoms with Crippen LogP contribution in [0.1, 0.15) is 0 Å². The second-order valence-corrected chi connectivity index (χ2v) is 8.61. The molecule has 0 unspecified atom stereocenters. The van der Waals surface area contributed by atoms with Crippen molar-refractivity contribution in [3.8, 4) is 45.3 Å². The van der Waals surface area contributed by atoms with Gasteiger partial charge in [0.25, 0.3) is 0 Å². The normalized spacial score (nSPS) is 10.7. The van der Waals surface area contributed by atoms with Crippen LogP contribution in [0.15, 0.2) is 115 Å². The first-order valence-corrected chi connectivity index (χ1v) is 11.8. The van der Waals surface area contributed by atoms with Crippen LogP contribution >= 0.6 is 0 Å². The van der Waals surface area contributed by atoms with E-state index in [1.807, 2.05) is 0 Å². The summed E-state index contributed by atoms with van der Waals surface area (Å²) in [7, 11) is 1.59. The zero-order chi connectivity index (χ0) is 27.5. The third-order valence-corrected chi connectivity index (χ3v) is 6.02. The Morgan fingerprint density at radius 2 is 0.949 bits per heavy atom. The molecule has 0 saturated heterocycles. The highest BCUT2D eigenvalue weighted by molar-refractivity contribution is 5.83. The Morgan fingerprint density at radius 1 is 0.538 bits per heavy atom. The molecule has 0 saturated carbocycles. The Hall–Kier alpha value is -5.50. The van der Waals surface area contributed by atoms with Crippen LogP contribution < -0.4 is 16.0 Å². The van der Waals surface area contributed by atoms with Gasteiger partial charge in [-0.3, -0.25) is 0 Å². The summed E-state index contributed by atoms with van der Waals surface area (Å²) >= 11 is 0. The van der Waals surface area contributed by atoms with Crippen molar-refractivity contribution < 1.29 is 28.9 Å². The molecule has 0 aliphatic heterocycles.